The standard InChI is InChI=1S/C16H20ClF3N2O/c17-14-6-5-12(11-13(14)16(18,19)20)21-15(23)7-10-22-8-3-1-2-4-9-22/h5-6,11H,1-4,7-10H2,(H,21,23). The van der Waals surface area contributed by atoms with E-state index in [9.17, 15) is 18.0 Å². The summed E-state index contributed by atoms with van der Waals surface area (Å²) in [6.45, 7) is 2.59. The number of alkyl halides is 3. The van der Waals surface area contributed by atoms with E-state index in [2.05, 4.69) is 10.2 Å². The molecule has 0 saturated carbocycles. The number of anilines is 1. The van der Waals surface area contributed by atoms with E-state index in [4.69, 9.17) is 11.6 Å². The van der Waals surface area contributed by atoms with Crippen LogP contribution in [0.1, 0.15) is 37.7 Å². The van der Waals surface area contributed by atoms with Crippen molar-refractivity contribution in [3.8, 4) is 0 Å². The monoisotopic (exact) mass is 348 g/mol. The minimum absolute atomic E-state index is 0.114. The van der Waals surface area contributed by atoms with Crippen molar-refractivity contribution in [1.82, 2.24) is 4.90 Å². The predicted octanol–water partition coefficient (Wildman–Crippen LogP) is 4.56. The third kappa shape index (κ3) is 5.70. The van der Waals surface area contributed by atoms with Gasteiger partial charge < -0.3 is 10.2 Å². The zero-order chi connectivity index (χ0) is 16.9. The Bertz CT molecular complexity index is 541. The molecule has 1 N–H and O–H groups in total. The summed E-state index contributed by atoms with van der Waals surface area (Å²) >= 11 is 5.56. The molecule has 2 rings (SSSR count). The SMILES string of the molecule is O=C(CCN1CCCCCC1)Nc1ccc(Cl)c(C(F)(F)F)c1. The van der Waals surface area contributed by atoms with E-state index < -0.39 is 11.7 Å². The highest BCUT2D eigenvalue weighted by Crippen LogP contribution is 2.36. The predicted molar refractivity (Wildman–Crippen MR) is 84.6 cm³/mol. The number of carbonyl (C=O) groups is 1. The summed E-state index contributed by atoms with van der Waals surface area (Å²) in [5.41, 5.74) is -0.827. The molecule has 1 aliphatic rings. The molecule has 7 heteroatoms. The summed E-state index contributed by atoms with van der Waals surface area (Å²) in [4.78, 5) is 14.2. The van der Waals surface area contributed by atoms with Crippen LogP contribution in [0.5, 0.6) is 0 Å². The summed E-state index contributed by atoms with van der Waals surface area (Å²) in [7, 11) is 0. The molecule has 3 nitrogen and oxygen atoms in total. The Kier molecular flexibility index (Phi) is 6.30. The number of halogens is 4. The van der Waals surface area contributed by atoms with Crippen LogP contribution in [0.2, 0.25) is 5.02 Å². The molecule has 0 spiro atoms. The van der Waals surface area contributed by atoms with Gasteiger partial charge in [0.05, 0.1) is 10.6 Å². The summed E-state index contributed by atoms with van der Waals surface area (Å²) in [6, 6.07) is 3.39. The molecule has 0 atom stereocenters. The molecule has 1 saturated heterocycles. The number of hydrogen-bond donors (Lipinski definition) is 1. The first kappa shape index (κ1) is 18.1. The summed E-state index contributed by atoms with van der Waals surface area (Å²) < 4.78 is 38.4. The van der Waals surface area contributed by atoms with Crippen LogP contribution in [-0.2, 0) is 11.0 Å². The Labute approximate surface area is 138 Å². The Morgan fingerprint density at radius 3 is 2.43 bits per heavy atom. The topological polar surface area (TPSA) is 32.3 Å². The molecule has 128 valence electrons. The third-order valence-corrected chi connectivity index (χ3v) is 4.24. The highest BCUT2D eigenvalue weighted by Gasteiger charge is 2.33. The second-order valence-electron chi connectivity index (χ2n) is 5.75. The fourth-order valence-electron chi connectivity index (χ4n) is 2.66. The number of hydrogen-bond acceptors (Lipinski definition) is 2. The highest BCUT2D eigenvalue weighted by atomic mass is 35.5. The fourth-order valence-corrected chi connectivity index (χ4v) is 2.89. The molecule has 0 bridgehead atoms. The number of carbonyl (C=O) groups excluding carboxylic acids is 1. The Morgan fingerprint density at radius 1 is 1.17 bits per heavy atom. The average Bonchev–Trinajstić information content (AvgIpc) is 2.74. The van der Waals surface area contributed by atoms with E-state index in [0.717, 1.165) is 38.1 Å². The van der Waals surface area contributed by atoms with Gasteiger partial charge >= 0.3 is 6.18 Å². The third-order valence-electron chi connectivity index (χ3n) is 3.91. The molecule has 1 fully saturated rings. The maximum Gasteiger partial charge on any atom is 0.417 e. The van der Waals surface area contributed by atoms with Crippen molar-refractivity contribution < 1.29 is 18.0 Å². The molecular formula is C16H20ClF3N2O. The van der Waals surface area contributed by atoms with Crippen LogP contribution in [0.15, 0.2) is 18.2 Å². The first-order valence-corrected chi connectivity index (χ1v) is 8.13. The zero-order valence-corrected chi connectivity index (χ0v) is 13.5. The van der Waals surface area contributed by atoms with E-state index in [-0.39, 0.29) is 23.0 Å². The van der Waals surface area contributed by atoms with Crippen LogP contribution in [0.25, 0.3) is 0 Å². The van der Waals surface area contributed by atoms with Crippen molar-refractivity contribution in [2.24, 2.45) is 0 Å². The summed E-state index contributed by atoms with van der Waals surface area (Å²) in [5.74, 6) is -0.287. The molecule has 1 heterocycles. The molecule has 1 amide bonds. The molecule has 1 aliphatic heterocycles. The van der Waals surface area contributed by atoms with E-state index in [1.165, 1.54) is 18.9 Å². The first-order chi connectivity index (χ1) is 10.9. The van der Waals surface area contributed by atoms with Crippen LogP contribution in [0.4, 0.5) is 18.9 Å². The van der Waals surface area contributed by atoms with Gasteiger partial charge in [-0.2, -0.15) is 13.2 Å². The normalized spacial score (nSPS) is 16.9. The van der Waals surface area contributed by atoms with E-state index in [1.807, 2.05) is 0 Å². The molecule has 0 aliphatic carbocycles. The number of likely N-dealkylation sites (tertiary alicyclic amines) is 1. The fraction of sp³-hybridized carbons (Fsp3) is 0.562. The molecule has 0 unspecified atom stereocenters. The lowest BCUT2D eigenvalue weighted by Crippen LogP contribution is -2.28. The van der Waals surface area contributed by atoms with Crippen molar-refractivity contribution in [2.45, 2.75) is 38.3 Å². The van der Waals surface area contributed by atoms with Gasteiger partial charge in [-0.15, -0.1) is 0 Å². The van der Waals surface area contributed by atoms with Gasteiger partial charge in [0.15, 0.2) is 0 Å². The van der Waals surface area contributed by atoms with Gasteiger partial charge in [-0.25, -0.2) is 0 Å². The van der Waals surface area contributed by atoms with Crippen molar-refractivity contribution >= 4 is 23.2 Å². The van der Waals surface area contributed by atoms with Gasteiger partial charge in [0.1, 0.15) is 0 Å². The Balaban J connectivity index is 1.90. The van der Waals surface area contributed by atoms with Crippen LogP contribution < -0.4 is 5.32 Å². The molecule has 1 aromatic carbocycles. The number of nitrogens with zero attached hydrogens (tertiary/aromatic N) is 1. The average molecular weight is 349 g/mol. The van der Waals surface area contributed by atoms with Crippen molar-refractivity contribution in [2.75, 3.05) is 25.0 Å². The van der Waals surface area contributed by atoms with Crippen molar-refractivity contribution in [1.29, 1.82) is 0 Å². The number of benzene rings is 1. The van der Waals surface area contributed by atoms with Gasteiger partial charge in [-0.3, -0.25) is 4.79 Å². The largest absolute Gasteiger partial charge is 0.417 e. The smallest absolute Gasteiger partial charge is 0.326 e. The maximum atomic E-state index is 12.8. The van der Waals surface area contributed by atoms with Crippen molar-refractivity contribution in [3.05, 3.63) is 28.8 Å². The molecular weight excluding hydrogens is 329 g/mol. The van der Waals surface area contributed by atoms with Gasteiger partial charge in [0.25, 0.3) is 0 Å². The van der Waals surface area contributed by atoms with E-state index in [0.29, 0.717) is 6.54 Å². The van der Waals surface area contributed by atoms with Gasteiger partial charge in [0, 0.05) is 18.7 Å². The number of rotatable bonds is 4. The molecule has 23 heavy (non-hydrogen) atoms. The number of nitrogens with one attached hydrogen (secondary N) is 1. The lowest BCUT2D eigenvalue weighted by molar-refractivity contribution is -0.137. The van der Waals surface area contributed by atoms with Crippen molar-refractivity contribution in [3.63, 3.8) is 0 Å². The minimum atomic E-state index is -4.54. The second-order valence-corrected chi connectivity index (χ2v) is 6.15. The van der Waals surface area contributed by atoms with Gasteiger partial charge in [-0.1, -0.05) is 24.4 Å². The molecule has 1 aromatic rings. The van der Waals surface area contributed by atoms with Crippen LogP contribution >= 0.6 is 11.6 Å². The van der Waals surface area contributed by atoms with Gasteiger partial charge in [0.2, 0.25) is 5.91 Å². The second kappa shape index (κ2) is 8.02. The minimum Gasteiger partial charge on any atom is -0.326 e. The lowest BCUT2D eigenvalue weighted by atomic mass is 10.2. The van der Waals surface area contributed by atoms with Gasteiger partial charge in [-0.05, 0) is 44.1 Å². The number of amides is 1. The summed E-state index contributed by atoms with van der Waals surface area (Å²) in [5, 5.41) is 2.14. The van der Waals surface area contributed by atoms with E-state index in [1.54, 1.807) is 0 Å². The van der Waals surface area contributed by atoms with Crippen LogP contribution in [0, 0.1) is 0 Å². The molecule has 0 aromatic heterocycles. The Hall–Kier alpha value is -1.27. The first-order valence-electron chi connectivity index (χ1n) is 7.75. The highest BCUT2D eigenvalue weighted by molar-refractivity contribution is 6.31. The van der Waals surface area contributed by atoms with Crippen LogP contribution in [0.3, 0.4) is 0 Å². The quantitative estimate of drug-likeness (QED) is 0.864. The van der Waals surface area contributed by atoms with Crippen LogP contribution in [-0.4, -0.2) is 30.4 Å². The maximum absolute atomic E-state index is 12.8. The molecule has 0 radical (unpaired) electrons. The zero-order valence-electron chi connectivity index (χ0n) is 12.8. The lowest BCUT2D eigenvalue weighted by Gasteiger charge is -2.19. The summed E-state index contributed by atoms with van der Waals surface area (Å²) in [6.07, 6.45) is 0.427. The van der Waals surface area contributed by atoms with E-state index >= 15 is 0 Å². The Morgan fingerprint density at radius 2 is 1.83 bits per heavy atom.